The number of thiophene rings is 2. The second-order valence-corrected chi connectivity index (χ2v) is 9.54. The van der Waals surface area contributed by atoms with Gasteiger partial charge in [0.15, 0.2) is 0 Å². The van der Waals surface area contributed by atoms with Crippen molar-refractivity contribution in [3.63, 3.8) is 0 Å². The summed E-state index contributed by atoms with van der Waals surface area (Å²) in [5.41, 5.74) is 1.11. The van der Waals surface area contributed by atoms with Gasteiger partial charge in [0.25, 0.3) is 0 Å². The minimum Gasteiger partial charge on any atom is -0.143 e. The molecular weight excluding hydrogens is 459 g/mol. The predicted molar refractivity (Wildman–Crippen MR) is 84.2 cm³/mol. The molecule has 0 fully saturated rings. The van der Waals surface area contributed by atoms with Gasteiger partial charge in [-0.1, -0.05) is 0 Å². The molecule has 86 valence electrons. The van der Waals surface area contributed by atoms with Gasteiger partial charge in [-0.2, -0.15) is 0 Å². The summed E-state index contributed by atoms with van der Waals surface area (Å²) in [6, 6.07) is 4.17. The van der Waals surface area contributed by atoms with E-state index in [-0.39, 0.29) is 5.38 Å². The molecule has 0 saturated carbocycles. The Hall–Kier alpha value is 1.13. The highest BCUT2D eigenvalue weighted by Gasteiger charge is 2.20. The van der Waals surface area contributed by atoms with E-state index in [1.807, 2.05) is 0 Å². The smallest absolute Gasteiger partial charge is 0.0958 e. The van der Waals surface area contributed by atoms with Gasteiger partial charge in [-0.3, -0.25) is 0 Å². The van der Waals surface area contributed by atoms with Gasteiger partial charge in [0.05, 0.1) is 12.9 Å². The molecule has 0 aromatic carbocycles. The fourth-order valence-electron chi connectivity index (χ4n) is 1.34. The molecule has 2 aromatic rings. The van der Waals surface area contributed by atoms with Crippen LogP contribution in [0.15, 0.2) is 24.2 Å². The highest BCUT2D eigenvalue weighted by molar-refractivity contribution is 9.12. The van der Waals surface area contributed by atoms with Gasteiger partial charge in [-0.05, 0) is 66.8 Å². The first kappa shape index (κ1) is 13.6. The molecule has 0 N–H and O–H groups in total. The molecule has 0 amide bonds. The van der Waals surface area contributed by atoms with Crippen molar-refractivity contribution in [2.24, 2.45) is 0 Å². The number of rotatable bonds is 2. The molecule has 1 atom stereocenters. The van der Waals surface area contributed by atoms with E-state index in [0.29, 0.717) is 0 Å². The molecule has 2 aromatic heterocycles. The maximum absolute atomic E-state index is 6.51. The highest BCUT2D eigenvalue weighted by Crippen LogP contribution is 2.45. The number of aryl methyl sites for hydroxylation is 1. The molecule has 2 rings (SSSR count). The maximum atomic E-state index is 6.51. The van der Waals surface area contributed by atoms with Gasteiger partial charge < -0.3 is 0 Å². The molecule has 0 bridgehead atoms. The fraction of sp³-hybridized carbons (Fsp3) is 0.200. The van der Waals surface area contributed by atoms with Crippen molar-refractivity contribution >= 4 is 82.1 Å². The Labute approximate surface area is 132 Å². The van der Waals surface area contributed by atoms with Gasteiger partial charge in [0, 0.05) is 19.8 Å². The Morgan fingerprint density at radius 2 is 1.88 bits per heavy atom. The molecule has 0 aliphatic heterocycles. The third-order valence-electron chi connectivity index (χ3n) is 2.02. The molecule has 0 aliphatic rings. The lowest BCUT2D eigenvalue weighted by atomic mass is 10.2. The van der Waals surface area contributed by atoms with E-state index in [9.17, 15) is 0 Å². The Balaban J connectivity index is 2.42. The van der Waals surface area contributed by atoms with Crippen LogP contribution in [-0.4, -0.2) is 0 Å². The summed E-state index contributed by atoms with van der Waals surface area (Å²) in [6.07, 6.45) is 0. The largest absolute Gasteiger partial charge is 0.143 e. The van der Waals surface area contributed by atoms with Crippen molar-refractivity contribution in [1.29, 1.82) is 0 Å². The zero-order chi connectivity index (χ0) is 11.9. The van der Waals surface area contributed by atoms with Gasteiger partial charge >= 0.3 is 0 Å². The molecule has 0 nitrogen and oxygen atoms in total. The van der Waals surface area contributed by atoms with Gasteiger partial charge in [0.1, 0.15) is 0 Å². The topological polar surface area (TPSA) is 0 Å². The molecule has 6 heteroatoms. The van der Waals surface area contributed by atoms with Crippen LogP contribution in [0, 0.1) is 6.92 Å². The summed E-state index contributed by atoms with van der Waals surface area (Å²) in [6.45, 7) is 2.08. The van der Waals surface area contributed by atoms with E-state index in [1.54, 1.807) is 22.7 Å². The molecule has 0 spiro atoms. The van der Waals surface area contributed by atoms with E-state index in [0.717, 1.165) is 22.5 Å². The van der Waals surface area contributed by atoms with Crippen molar-refractivity contribution < 1.29 is 0 Å². The van der Waals surface area contributed by atoms with E-state index >= 15 is 0 Å². The summed E-state index contributed by atoms with van der Waals surface area (Å²) < 4.78 is 3.26. The summed E-state index contributed by atoms with van der Waals surface area (Å²) in [5.74, 6) is 0. The Morgan fingerprint density at radius 3 is 2.31 bits per heavy atom. The van der Waals surface area contributed by atoms with E-state index in [4.69, 9.17) is 11.6 Å². The Morgan fingerprint density at radius 1 is 1.19 bits per heavy atom. The number of hydrogen-bond acceptors (Lipinski definition) is 2. The summed E-state index contributed by atoms with van der Waals surface area (Å²) >= 11 is 20.4. The molecule has 0 radical (unpaired) electrons. The van der Waals surface area contributed by atoms with Crippen molar-refractivity contribution in [2.45, 2.75) is 12.3 Å². The lowest BCUT2D eigenvalue weighted by molar-refractivity contribution is 1.18. The van der Waals surface area contributed by atoms with Crippen LogP contribution < -0.4 is 0 Å². The molecule has 0 saturated heterocycles. The monoisotopic (exact) mass is 462 g/mol. The van der Waals surface area contributed by atoms with Crippen LogP contribution in [0.2, 0.25) is 0 Å². The first-order chi connectivity index (χ1) is 7.49. The normalized spacial score (nSPS) is 13.1. The second kappa shape index (κ2) is 5.41. The number of halogens is 4. The zero-order valence-electron chi connectivity index (χ0n) is 8.06. The van der Waals surface area contributed by atoms with Crippen LogP contribution in [0.3, 0.4) is 0 Å². The van der Waals surface area contributed by atoms with Crippen LogP contribution in [0.4, 0.5) is 0 Å². The van der Waals surface area contributed by atoms with Crippen LogP contribution >= 0.6 is 82.1 Å². The molecule has 1 unspecified atom stereocenters. The average Bonchev–Trinajstić information content (AvgIpc) is 2.68. The first-order valence-electron chi connectivity index (χ1n) is 4.33. The summed E-state index contributed by atoms with van der Waals surface area (Å²) in [4.78, 5) is 2.42. The number of alkyl halides is 1. The summed E-state index contributed by atoms with van der Waals surface area (Å²) in [7, 11) is 0. The van der Waals surface area contributed by atoms with Crippen LogP contribution in [0.1, 0.15) is 20.7 Å². The fourth-order valence-corrected chi connectivity index (χ4v) is 6.87. The Bertz CT molecular complexity index is 472. The second-order valence-electron chi connectivity index (χ2n) is 3.21. The van der Waals surface area contributed by atoms with E-state index < -0.39 is 0 Å². The third-order valence-corrected chi connectivity index (χ3v) is 7.02. The summed E-state index contributed by atoms with van der Waals surface area (Å²) in [5, 5.41) is -0.106. The quantitative estimate of drug-likeness (QED) is 0.431. The van der Waals surface area contributed by atoms with Crippen molar-refractivity contribution in [2.75, 3.05) is 0 Å². The minimum absolute atomic E-state index is 0.106. The molecule has 16 heavy (non-hydrogen) atoms. The van der Waals surface area contributed by atoms with Crippen molar-refractivity contribution in [3.8, 4) is 0 Å². The van der Waals surface area contributed by atoms with Gasteiger partial charge in [-0.25, -0.2) is 0 Å². The number of hydrogen-bond donors (Lipinski definition) is 0. The minimum atomic E-state index is -0.106. The molecule has 2 heterocycles. The standard InChI is InChI=1S/C10H6Br3ClS2/c1-4-2-6(11)9(15-4)8(14)5-3-7(12)16-10(5)13/h2-3,8H,1H3. The van der Waals surface area contributed by atoms with Gasteiger partial charge in [0.2, 0.25) is 0 Å². The predicted octanol–water partition coefficient (Wildman–Crippen LogP) is 6.73. The van der Waals surface area contributed by atoms with Crippen LogP contribution in [0.25, 0.3) is 0 Å². The SMILES string of the molecule is Cc1cc(Br)c(C(Cl)c2cc(Br)sc2Br)s1. The van der Waals surface area contributed by atoms with E-state index in [1.165, 1.54) is 4.88 Å². The maximum Gasteiger partial charge on any atom is 0.0958 e. The highest BCUT2D eigenvalue weighted by atomic mass is 79.9. The van der Waals surface area contributed by atoms with Gasteiger partial charge in [-0.15, -0.1) is 34.3 Å². The van der Waals surface area contributed by atoms with Crippen LogP contribution in [-0.2, 0) is 0 Å². The first-order valence-corrected chi connectivity index (χ1v) is 8.78. The average molecular weight is 465 g/mol. The lowest BCUT2D eigenvalue weighted by Crippen LogP contribution is -1.88. The zero-order valence-corrected chi connectivity index (χ0v) is 15.2. The molecule has 0 aliphatic carbocycles. The van der Waals surface area contributed by atoms with Crippen molar-refractivity contribution in [1.82, 2.24) is 0 Å². The Kier molecular flexibility index (Phi) is 4.58. The van der Waals surface area contributed by atoms with E-state index in [2.05, 4.69) is 66.8 Å². The third kappa shape index (κ3) is 2.75. The van der Waals surface area contributed by atoms with Crippen molar-refractivity contribution in [3.05, 3.63) is 39.5 Å². The van der Waals surface area contributed by atoms with Crippen LogP contribution in [0.5, 0.6) is 0 Å². The molecular formula is C10H6Br3ClS2. The lowest BCUT2D eigenvalue weighted by Gasteiger charge is -2.06.